The number of aliphatic carboxylic acids is 1. The topological polar surface area (TPSA) is 192 Å². The van der Waals surface area contributed by atoms with Crippen LogP contribution in [0.5, 0.6) is 0 Å². The molecular formula is C38H68N8O5. The Morgan fingerprint density at radius 3 is 2.25 bits per heavy atom. The van der Waals surface area contributed by atoms with E-state index in [1.807, 2.05) is 63.3 Å². The number of nitrogens with one attached hydrogen (secondary N) is 1. The Morgan fingerprint density at radius 2 is 1.76 bits per heavy atom. The van der Waals surface area contributed by atoms with Crippen molar-refractivity contribution in [2.75, 3.05) is 48.5 Å². The SMILES string of the molecule is CC[C@H](C)[C@@H](C(NC)[C@@H](CN=[N+]=[N-])C(N)[C@H](C(C)C)N(C)C)[C@@H](CC(=O)N1CCC[C@H]1[C@H](OC)[C@H](C)C(N)C(Cc1ccccc1)C(=O)O)OC. The Hall–Kier alpha value is -2.77. The molecule has 4 unspecified atom stereocenters. The molecule has 51 heavy (non-hydrogen) atoms. The summed E-state index contributed by atoms with van der Waals surface area (Å²) in [5.41, 5.74) is 24.0. The van der Waals surface area contributed by atoms with E-state index in [0.29, 0.717) is 13.0 Å². The number of rotatable bonds is 23. The van der Waals surface area contributed by atoms with Gasteiger partial charge in [0.2, 0.25) is 5.91 Å². The zero-order chi connectivity index (χ0) is 38.4. The van der Waals surface area contributed by atoms with Gasteiger partial charge in [-0.05, 0) is 69.3 Å². The van der Waals surface area contributed by atoms with Crippen molar-refractivity contribution < 1.29 is 24.2 Å². The average Bonchev–Trinajstić information content (AvgIpc) is 3.58. The van der Waals surface area contributed by atoms with Gasteiger partial charge in [0.1, 0.15) is 0 Å². The Morgan fingerprint density at radius 1 is 1.12 bits per heavy atom. The van der Waals surface area contributed by atoms with E-state index in [-0.39, 0.29) is 72.6 Å². The summed E-state index contributed by atoms with van der Waals surface area (Å²) in [6.45, 7) is 11.3. The summed E-state index contributed by atoms with van der Waals surface area (Å²) in [4.78, 5) is 33.9. The van der Waals surface area contributed by atoms with Crippen LogP contribution in [0.2, 0.25) is 0 Å². The minimum Gasteiger partial charge on any atom is -0.481 e. The number of azide groups is 1. The van der Waals surface area contributed by atoms with Gasteiger partial charge in [0.25, 0.3) is 0 Å². The van der Waals surface area contributed by atoms with E-state index in [1.54, 1.807) is 14.2 Å². The number of carboxylic acid groups (broad SMARTS) is 1. The summed E-state index contributed by atoms with van der Waals surface area (Å²) >= 11 is 0. The first kappa shape index (κ1) is 44.4. The molecule has 6 N–H and O–H groups in total. The minimum atomic E-state index is -0.950. The van der Waals surface area contributed by atoms with Crippen LogP contribution in [-0.2, 0) is 25.5 Å². The highest BCUT2D eigenvalue weighted by Gasteiger charge is 2.45. The van der Waals surface area contributed by atoms with E-state index in [2.05, 4.69) is 47.9 Å². The molecule has 290 valence electrons. The summed E-state index contributed by atoms with van der Waals surface area (Å²) in [6, 6.07) is 8.04. The third-order valence-corrected chi connectivity index (χ3v) is 11.6. The number of carbonyl (C=O) groups excluding carboxylic acids is 1. The summed E-state index contributed by atoms with van der Waals surface area (Å²) in [7, 11) is 9.20. The fourth-order valence-corrected chi connectivity index (χ4v) is 8.83. The number of nitrogens with two attached hydrogens (primary N) is 2. The molecule has 0 aromatic heterocycles. The third kappa shape index (κ3) is 11.6. The molecule has 12 atom stereocenters. The monoisotopic (exact) mass is 717 g/mol. The molecule has 0 saturated carbocycles. The number of likely N-dealkylation sites (tertiary alicyclic amines) is 1. The molecule has 1 aliphatic rings. The number of methoxy groups -OCH3 is 2. The lowest BCUT2D eigenvalue weighted by Crippen LogP contribution is -2.60. The Labute approximate surface area is 306 Å². The number of amides is 1. The highest BCUT2D eigenvalue weighted by atomic mass is 16.5. The first-order valence-corrected chi connectivity index (χ1v) is 18.7. The molecule has 0 bridgehead atoms. The van der Waals surface area contributed by atoms with Crippen molar-refractivity contribution in [3.8, 4) is 0 Å². The second kappa shape index (κ2) is 21.7. The van der Waals surface area contributed by atoms with Gasteiger partial charge in [0.05, 0.1) is 30.6 Å². The average molecular weight is 717 g/mol. The number of carbonyl (C=O) groups is 2. The van der Waals surface area contributed by atoms with Gasteiger partial charge in [-0.2, -0.15) is 0 Å². The van der Waals surface area contributed by atoms with Crippen molar-refractivity contribution >= 4 is 11.9 Å². The second-order valence-corrected chi connectivity index (χ2v) is 15.2. The number of ether oxygens (including phenoxy) is 2. The number of hydrogen-bond acceptors (Lipinski definition) is 9. The molecule has 0 radical (unpaired) electrons. The fraction of sp³-hybridized carbons (Fsp3) is 0.789. The van der Waals surface area contributed by atoms with Gasteiger partial charge in [-0.25, -0.2) is 0 Å². The number of benzene rings is 1. The van der Waals surface area contributed by atoms with Gasteiger partial charge in [0, 0.05) is 68.2 Å². The lowest BCUT2D eigenvalue weighted by atomic mass is 9.71. The molecule has 1 fully saturated rings. The molecule has 1 amide bonds. The summed E-state index contributed by atoms with van der Waals surface area (Å²) < 4.78 is 12.3. The first-order chi connectivity index (χ1) is 24.2. The predicted molar refractivity (Wildman–Crippen MR) is 203 cm³/mol. The zero-order valence-corrected chi connectivity index (χ0v) is 32.8. The molecule has 1 heterocycles. The highest BCUT2D eigenvalue weighted by Crippen LogP contribution is 2.35. The lowest BCUT2D eigenvalue weighted by molar-refractivity contribution is -0.145. The van der Waals surface area contributed by atoms with Crippen molar-refractivity contribution in [1.29, 1.82) is 0 Å². The smallest absolute Gasteiger partial charge is 0.308 e. The molecule has 1 aliphatic heterocycles. The number of nitrogens with zero attached hydrogens (tertiary/aromatic N) is 5. The number of carboxylic acids is 1. The van der Waals surface area contributed by atoms with Crippen LogP contribution in [0.15, 0.2) is 35.4 Å². The molecule has 13 heteroatoms. The maximum atomic E-state index is 14.4. The van der Waals surface area contributed by atoms with Crippen LogP contribution in [0.1, 0.15) is 65.9 Å². The fourth-order valence-electron chi connectivity index (χ4n) is 8.83. The van der Waals surface area contributed by atoms with E-state index in [1.165, 1.54) is 0 Å². The van der Waals surface area contributed by atoms with Crippen LogP contribution >= 0.6 is 0 Å². The molecule has 13 nitrogen and oxygen atoms in total. The minimum absolute atomic E-state index is 0.0260. The van der Waals surface area contributed by atoms with E-state index in [0.717, 1.165) is 24.8 Å². The summed E-state index contributed by atoms with van der Waals surface area (Å²) in [5, 5.41) is 17.7. The van der Waals surface area contributed by atoms with Gasteiger partial charge in [-0.3, -0.25) is 9.59 Å². The number of likely N-dealkylation sites (N-methyl/N-ethyl adjacent to an activating group) is 1. The highest BCUT2D eigenvalue weighted by molar-refractivity contribution is 5.77. The van der Waals surface area contributed by atoms with Crippen LogP contribution in [0, 0.1) is 35.5 Å². The molecule has 1 aromatic rings. The molecule has 1 saturated heterocycles. The van der Waals surface area contributed by atoms with Crippen molar-refractivity contribution in [1.82, 2.24) is 15.1 Å². The quantitative estimate of drug-likeness (QED) is 0.0722. The molecule has 0 aliphatic carbocycles. The molecule has 2 rings (SSSR count). The maximum absolute atomic E-state index is 14.4. The van der Waals surface area contributed by atoms with Crippen LogP contribution in [0.3, 0.4) is 0 Å². The largest absolute Gasteiger partial charge is 0.481 e. The third-order valence-electron chi connectivity index (χ3n) is 11.6. The Kier molecular flexibility index (Phi) is 18.9. The predicted octanol–water partition coefficient (Wildman–Crippen LogP) is 4.39. The van der Waals surface area contributed by atoms with E-state index in [9.17, 15) is 20.2 Å². The second-order valence-electron chi connectivity index (χ2n) is 15.2. The normalized spacial score (nSPS) is 21.5. The van der Waals surface area contributed by atoms with Crippen molar-refractivity contribution in [2.24, 2.45) is 52.1 Å². The molecule has 1 aromatic carbocycles. The maximum Gasteiger partial charge on any atom is 0.308 e. The van der Waals surface area contributed by atoms with Crippen molar-refractivity contribution in [2.45, 2.75) is 109 Å². The van der Waals surface area contributed by atoms with Crippen molar-refractivity contribution in [3.63, 3.8) is 0 Å². The van der Waals surface area contributed by atoms with Gasteiger partial charge >= 0.3 is 5.97 Å². The van der Waals surface area contributed by atoms with Crippen LogP contribution in [0.25, 0.3) is 10.4 Å². The lowest BCUT2D eigenvalue weighted by Gasteiger charge is -2.45. The van der Waals surface area contributed by atoms with Gasteiger partial charge < -0.3 is 41.2 Å². The summed E-state index contributed by atoms with van der Waals surface area (Å²) in [5.74, 6) is -2.11. The van der Waals surface area contributed by atoms with Crippen LogP contribution in [0.4, 0.5) is 0 Å². The Bertz CT molecular complexity index is 1220. The van der Waals surface area contributed by atoms with Crippen LogP contribution in [-0.4, -0.2) is 118 Å². The van der Waals surface area contributed by atoms with Gasteiger partial charge in [-0.15, -0.1) is 0 Å². The van der Waals surface area contributed by atoms with Gasteiger partial charge in [-0.1, -0.05) is 76.5 Å². The standard InChI is InChI=1S/C38H68N8O5/c1-11-24(4)32(35(42-6)28(22-43-44-41)34(40)36(23(2)3)45(7)8)30(50-9)21-31(47)46-19-15-18-29(46)37(51-10)25(5)33(39)27(38(48)49)20-26-16-13-12-14-17-26/h12-14,16-17,23-25,27-30,32-37,42H,11,15,18-22,39-40H2,1-10H3,(H,48,49)/t24-,25+,27?,28-,29-,30+,32+,33?,34?,35?,36-,37+/m0/s1. The molecular weight excluding hydrogens is 648 g/mol. The van der Waals surface area contributed by atoms with E-state index < -0.39 is 30.1 Å². The van der Waals surface area contributed by atoms with Crippen molar-refractivity contribution in [3.05, 3.63) is 46.3 Å². The van der Waals surface area contributed by atoms with Crippen LogP contribution < -0.4 is 16.8 Å². The Balaban J connectivity index is 2.41. The van der Waals surface area contributed by atoms with E-state index in [4.69, 9.17) is 20.9 Å². The van der Waals surface area contributed by atoms with Gasteiger partial charge in [0.15, 0.2) is 0 Å². The summed E-state index contributed by atoms with van der Waals surface area (Å²) in [6.07, 6.45) is 1.93. The molecule has 0 spiro atoms. The first-order valence-electron chi connectivity index (χ1n) is 18.7. The van der Waals surface area contributed by atoms with E-state index >= 15 is 0 Å². The number of hydrogen-bond donors (Lipinski definition) is 4. The zero-order valence-electron chi connectivity index (χ0n) is 32.8.